The highest BCUT2D eigenvalue weighted by Crippen LogP contribution is 2.04. The van der Waals surface area contributed by atoms with Gasteiger partial charge >= 0.3 is 0 Å². The highest BCUT2D eigenvalue weighted by atomic mass is 15.3. The first-order valence-electron chi connectivity index (χ1n) is 18.8. The van der Waals surface area contributed by atoms with Crippen molar-refractivity contribution in [2.75, 3.05) is 49.3 Å². The van der Waals surface area contributed by atoms with Crippen molar-refractivity contribution in [2.45, 2.75) is 91.1 Å². The standard InChI is InChI=1S/C7H11N.3C6H10N2.3C5H9N3/c1-7-5-3-4-6-8(7)2;1-6-5-7-3-4-8(6)2;1-6-3-4-7-5-8(6)2;1-6-7-4-3-5-8(6)2;1-5-7-3-6-4-8(5)2;1-5-3-6-7-4-8(5)2;1-5-7-6-3-4-8(5)2/h3-7H,1-2H3;3*3-6H,1-2H3;3*3-5H,1-2H3. The maximum atomic E-state index is 4.12. The van der Waals surface area contributed by atoms with Crippen molar-refractivity contribution < 1.29 is 0 Å². The molecule has 7 aliphatic rings. The summed E-state index contributed by atoms with van der Waals surface area (Å²) in [4.78, 5) is 34.2. The molecule has 0 aromatic heterocycles. The van der Waals surface area contributed by atoms with E-state index in [1.165, 1.54) is 0 Å². The smallest absolute Gasteiger partial charge is 0.139 e. The lowest BCUT2D eigenvalue weighted by Crippen LogP contribution is -2.30. The number of azo groups is 1. The van der Waals surface area contributed by atoms with E-state index in [9.17, 15) is 0 Å². The molecule has 0 N–H and O–H groups in total. The summed E-state index contributed by atoms with van der Waals surface area (Å²) in [5, 5.41) is 15.0. The van der Waals surface area contributed by atoms with E-state index in [-0.39, 0.29) is 12.3 Å². The van der Waals surface area contributed by atoms with Crippen LogP contribution in [-0.2, 0) is 0 Å². The quantitative estimate of drug-likeness (QED) is 0.302. The monoisotopic (exact) mass is 773 g/mol. The molecule has 7 rings (SSSR count). The van der Waals surface area contributed by atoms with Crippen LogP contribution < -0.4 is 0 Å². The summed E-state index contributed by atoms with van der Waals surface area (Å²) in [6.45, 7) is 14.5. The molecule has 56 heavy (non-hydrogen) atoms. The highest BCUT2D eigenvalue weighted by Gasteiger charge is 2.06. The lowest BCUT2D eigenvalue weighted by Gasteiger charge is -2.21. The maximum Gasteiger partial charge on any atom is 0.139 e. The van der Waals surface area contributed by atoms with Crippen molar-refractivity contribution in [2.24, 2.45) is 45.4 Å². The van der Waals surface area contributed by atoms with Gasteiger partial charge in [0, 0.05) is 111 Å². The predicted octanol–water partition coefficient (Wildman–Crippen LogP) is 5.85. The van der Waals surface area contributed by atoms with Gasteiger partial charge in [0.05, 0.1) is 31.0 Å². The van der Waals surface area contributed by atoms with Crippen molar-refractivity contribution >= 4 is 44.0 Å². The number of aliphatic imine (C=N–C) groups is 5. The number of nitrogens with zero attached hydrogens (tertiary/aromatic N) is 16. The fraction of sp³-hybridized carbons (Fsp3) is 0.525. The second kappa shape index (κ2) is 27.8. The van der Waals surface area contributed by atoms with Crippen LogP contribution >= 0.6 is 0 Å². The van der Waals surface area contributed by atoms with Gasteiger partial charge in [-0.3, -0.25) is 9.98 Å². The zero-order valence-electron chi connectivity index (χ0n) is 36.2. The predicted molar refractivity (Wildman–Crippen MR) is 240 cm³/mol. The third-order valence-corrected chi connectivity index (χ3v) is 9.04. The van der Waals surface area contributed by atoms with Crippen LogP contribution in [0.2, 0.25) is 0 Å². The normalized spacial score (nSPS) is 26.8. The molecular formula is C40H68N16. The molecule has 0 aliphatic carbocycles. The number of likely N-dealkylation sites (N-methyl/N-ethyl adjacent to an activating group) is 2. The summed E-state index contributed by atoms with van der Waals surface area (Å²) in [7, 11) is 14.0. The summed E-state index contributed by atoms with van der Waals surface area (Å²) in [5.41, 5.74) is 0. The Balaban J connectivity index is 0.000000327. The minimum Gasteiger partial charge on any atom is -0.374 e. The van der Waals surface area contributed by atoms with Crippen LogP contribution in [0.5, 0.6) is 0 Å². The lowest BCUT2D eigenvalue weighted by atomic mass is 10.2. The van der Waals surface area contributed by atoms with Gasteiger partial charge in [0.15, 0.2) is 0 Å². The molecule has 7 aliphatic heterocycles. The molecule has 0 spiro atoms. The van der Waals surface area contributed by atoms with Crippen molar-refractivity contribution in [3.8, 4) is 0 Å². The second-order valence-electron chi connectivity index (χ2n) is 13.6. The summed E-state index contributed by atoms with van der Waals surface area (Å²) in [6.07, 6.45) is 36.7. The van der Waals surface area contributed by atoms with E-state index in [0.717, 1.165) is 0 Å². The Hall–Kier alpha value is -5.67. The van der Waals surface area contributed by atoms with E-state index >= 15 is 0 Å². The molecule has 16 nitrogen and oxygen atoms in total. The molecule has 0 amide bonds. The Bertz CT molecular complexity index is 1090. The highest BCUT2D eigenvalue weighted by molar-refractivity contribution is 5.73. The van der Waals surface area contributed by atoms with Crippen molar-refractivity contribution in [1.82, 2.24) is 34.3 Å². The molecule has 0 bridgehead atoms. The van der Waals surface area contributed by atoms with Gasteiger partial charge in [-0.25, -0.2) is 15.0 Å². The SMILES string of the molecule is CC1C=CC=CN1C.CC1C=CN=CN1C.CC1C=NC=CN1C.CC1C=NN=CN1C.CC1N=CC=CN1C.CC1N=CN=CN1C.CC1N=NC=CN1C. The van der Waals surface area contributed by atoms with Gasteiger partial charge in [-0.2, -0.15) is 15.3 Å². The van der Waals surface area contributed by atoms with Crippen LogP contribution in [-0.4, -0.2) is 170 Å². The van der Waals surface area contributed by atoms with Crippen LogP contribution in [0.3, 0.4) is 0 Å². The third-order valence-electron chi connectivity index (χ3n) is 9.04. The topological polar surface area (TPSA) is 134 Å². The number of allylic oxidation sites excluding steroid dienone is 3. The zero-order valence-corrected chi connectivity index (χ0v) is 36.2. The van der Waals surface area contributed by atoms with E-state index in [1.807, 2.05) is 127 Å². The summed E-state index contributed by atoms with van der Waals surface area (Å²) < 4.78 is 0. The van der Waals surface area contributed by atoms with E-state index < -0.39 is 0 Å². The Morgan fingerprint density at radius 3 is 1.38 bits per heavy atom. The Kier molecular flexibility index (Phi) is 24.0. The van der Waals surface area contributed by atoms with Gasteiger partial charge in [-0.1, -0.05) is 12.2 Å². The van der Waals surface area contributed by atoms with Gasteiger partial charge in [0.25, 0.3) is 0 Å². The molecule has 7 heterocycles. The molecule has 0 saturated heterocycles. The number of hydrogen-bond acceptors (Lipinski definition) is 16. The lowest BCUT2D eigenvalue weighted by molar-refractivity contribution is 0.340. The molecule has 0 aromatic rings. The first-order valence-corrected chi connectivity index (χ1v) is 18.8. The van der Waals surface area contributed by atoms with Crippen LogP contribution in [0.1, 0.15) is 48.5 Å². The molecule has 7 unspecified atom stereocenters. The summed E-state index contributed by atoms with van der Waals surface area (Å²) in [5.74, 6) is 0. The fourth-order valence-electron chi connectivity index (χ4n) is 3.78. The Morgan fingerprint density at radius 1 is 0.411 bits per heavy atom. The minimum atomic E-state index is 0.208. The number of hydrogen-bond donors (Lipinski definition) is 0. The summed E-state index contributed by atoms with van der Waals surface area (Å²) >= 11 is 0. The van der Waals surface area contributed by atoms with E-state index in [1.54, 1.807) is 37.6 Å². The average Bonchev–Trinajstić information content (AvgIpc) is 3.18. The van der Waals surface area contributed by atoms with Gasteiger partial charge in [0.1, 0.15) is 31.2 Å². The molecular weight excluding hydrogens is 705 g/mol. The third kappa shape index (κ3) is 21.3. The molecule has 0 aromatic carbocycles. The molecule has 0 saturated carbocycles. The van der Waals surface area contributed by atoms with Crippen molar-refractivity contribution in [3.63, 3.8) is 0 Å². The Morgan fingerprint density at radius 2 is 1.00 bits per heavy atom. The van der Waals surface area contributed by atoms with E-state index in [4.69, 9.17) is 0 Å². The first kappa shape index (κ1) is 48.3. The first-order chi connectivity index (χ1) is 26.6. The fourth-order valence-corrected chi connectivity index (χ4v) is 3.78. The van der Waals surface area contributed by atoms with Crippen LogP contribution in [0, 0.1) is 0 Å². The second-order valence-corrected chi connectivity index (χ2v) is 13.6. The van der Waals surface area contributed by atoms with Crippen molar-refractivity contribution in [1.29, 1.82) is 0 Å². The van der Waals surface area contributed by atoms with Gasteiger partial charge in [0.2, 0.25) is 0 Å². The van der Waals surface area contributed by atoms with Gasteiger partial charge in [-0.05, 0) is 72.9 Å². The van der Waals surface area contributed by atoms with Crippen molar-refractivity contribution in [3.05, 3.63) is 73.8 Å². The largest absolute Gasteiger partial charge is 0.374 e. The molecule has 308 valence electrons. The number of rotatable bonds is 0. The Labute approximate surface area is 337 Å². The molecule has 0 radical (unpaired) electrons. The zero-order chi connectivity index (χ0) is 41.9. The van der Waals surface area contributed by atoms with Gasteiger partial charge in [-0.15, -0.1) is 5.10 Å². The molecule has 0 fully saturated rings. The van der Waals surface area contributed by atoms with Gasteiger partial charge < -0.3 is 34.3 Å². The van der Waals surface area contributed by atoms with E-state index in [2.05, 4.69) is 131 Å². The average molecular weight is 773 g/mol. The maximum absolute atomic E-state index is 4.12. The van der Waals surface area contributed by atoms with Crippen LogP contribution in [0.4, 0.5) is 0 Å². The van der Waals surface area contributed by atoms with Crippen LogP contribution in [0.15, 0.2) is 119 Å². The van der Waals surface area contributed by atoms with E-state index in [0.29, 0.717) is 30.3 Å². The molecule has 7 atom stereocenters. The minimum absolute atomic E-state index is 0.208. The summed E-state index contributed by atoms with van der Waals surface area (Å²) in [6, 6.07) is 1.93. The molecule has 16 heteroatoms. The van der Waals surface area contributed by atoms with Crippen LogP contribution in [0.25, 0.3) is 0 Å².